The minimum Gasteiger partial charge on any atom is -0.359 e. The zero-order valence-electron chi connectivity index (χ0n) is 12.1. The van der Waals surface area contributed by atoms with E-state index < -0.39 is 0 Å². The standard InChI is InChI=1S/C16H18N4S/c1-11-8-13-14(18-10-19-15(13)21-11)20-16(2,9-17)12-6-4-3-5-7-12/h3-8,10H,9,17H2,1-2H3,(H,18,19,20). The maximum absolute atomic E-state index is 6.03. The van der Waals surface area contributed by atoms with Gasteiger partial charge in [-0.1, -0.05) is 30.3 Å². The quantitative estimate of drug-likeness (QED) is 0.776. The van der Waals surface area contributed by atoms with Crippen molar-refractivity contribution in [3.05, 3.63) is 53.2 Å². The zero-order valence-corrected chi connectivity index (χ0v) is 12.9. The fourth-order valence-electron chi connectivity index (χ4n) is 2.38. The Labute approximate surface area is 128 Å². The lowest BCUT2D eigenvalue weighted by Crippen LogP contribution is -2.40. The van der Waals surface area contributed by atoms with Crippen LogP contribution in [0, 0.1) is 6.92 Å². The van der Waals surface area contributed by atoms with E-state index in [0.29, 0.717) is 6.54 Å². The number of aryl methyl sites for hydroxylation is 1. The highest BCUT2D eigenvalue weighted by atomic mass is 32.1. The molecule has 4 nitrogen and oxygen atoms in total. The summed E-state index contributed by atoms with van der Waals surface area (Å²) >= 11 is 1.67. The Morgan fingerprint density at radius 1 is 1.24 bits per heavy atom. The Hall–Kier alpha value is -1.98. The SMILES string of the molecule is Cc1cc2c(NC(C)(CN)c3ccccc3)ncnc2s1. The van der Waals surface area contributed by atoms with Gasteiger partial charge in [0.25, 0.3) is 0 Å². The summed E-state index contributed by atoms with van der Waals surface area (Å²) in [5.74, 6) is 0.834. The van der Waals surface area contributed by atoms with Gasteiger partial charge in [0, 0.05) is 11.4 Å². The van der Waals surface area contributed by atoms with Gasteiger partial charge < -0.3 is 11.1 Å². The van der Waals surface area contributed by atoms with Crippen LogP contribution in [0.2, 0.25) is 0 Å². The van der Waals surface area contributed by atoms with Crippen molar-refractivity contribution in [3.8, 4) is 0 Å². The van der Waals surface area contributed by atoms with Crippen molar-refractivity contribution in [1.82, 2.24) is 9.97 Å². The summed E-state index contributed by atoms with van der Waals surface area (Å²) in [6.07, 6.45) is 1.60. The predicted molar refractivity (Wildman–Crippen MR) is 88.6 cm³/mol. The first-order chi connectivity index (χ1) is 10.1. The molecule has 0 saturated carbocycles. The monoisotopic (exact) mass is 298 g/mol. The minimum absolute atomic E-state index is 0.363. The molecule has 0 saturated heterocycles. The third-order valence-corrected chi connectivity index (χ3v) is 4.62. The molecule has 0 spiro atoms. The molecule has 2 aromatic heterocycles. The maximum atomic E-state index is 6.03. The lowest BCUT2D eigenvalue weighted by atomic mass is 9.92. The van der Waals surface area contributed by atoms with Crippen molar-refractivity contribution < 1.29 is 0 Å². The van der Waals surface area contributed by atoms with Crippen LogP contribution in [-0.4, -0.2) is 16.5 Å². The van der Waals surface area contributed by atoms with E-state index in [1.54, 1.807) is 17.7 Å². The summed E-state index contributed by atoms with van der Waals surface area (Å²) in [7, 11) is 0. The summed E-state index contributed by atoms with van der Waals surface area (Å²) < 4.78 is 0. The number of fused-ring (bicyclic) bond motifs is 1. The van der Waals surface area contributed by atoms with Crippen LogP contribution < -0.4 is 11.1 Å². The van der Waals surface area contributed by atoms with Crippen LogP contribution in [0.1, 0.15) is 17.4 Å². The smallest absolute Gasteiger partial charge is 0.138 e. The number of benzene rings is 1. The molecule has 0 amide bonds. The van der Waals surface area contributed by atoms with Crippen molar-refractivity contribution in [3.63, 3.8) is 0 Å². The third kappa shape index (κ3) is 2.62. The van der Waals surface area contributed by atoms with Gasteiger partial charge in [0.1, 0.15) is 17.0 Å². The van der Waals surface area contributed by atoms with Crippen molar-refractivity contribution in [1.29, 1.82) is 0 Å². The normalized spacial score (nSPS) is 14.0. The molecule has 1 unspecified atom stereocenters. The van der Waals surface area contributed by atoms with Gasteiger partial charge in [0.15, 0.2) is 0 Å². The number of hydrogen-bond acceptors (Lipinski definition) is 5. The van der Waals surface area contributed by atoms with Crippen LogP contribution in [0.25, 0.3) is 10.2 Å². The van der Waals surface area contributed by atoms with Gasteiger partial charge in [-0.15, -0.1) is 11.3 Å². The molecule has 3 N–H and O–H groups in total. The first kappa shape index (κ1) is 14.0. The average molecular weight is 298 g/mol. The molecular weight excluding hydrogens is 280 g/mol. The number of thiophene rings is 1. The van der Waals surface area contributed by atoms with E-state index in [1.807, 2.05) is 18.2 Å². The topological polar surface area (TPSA) is 63.8 Å². The second kappa shape index (κ2) is 5.42. The van der Waals surface area contributed by atoms with E-state index >= 15 is 0 Å². The number of nitrogens with two attached hydrogens (primary N) is 1. The number of aromatic nitrogens is 2. The van der Waals surface area contributed by atoms with Gasteiger partial charge in [-0.2, -0.15) is 0 Å². The molecular formula is C16H18N4S. The van der Waals surface area contributed by atoms with Gasteiger partial charge in [-0.3, -0.25) is 0 Å². The van der Waals surface area contributed by atoms with E-state index in [-0.39, 0.29) is 5.54 Å². The Balaban J connectivity index is 2.03. The average Bonchev–Trinajstić information content (AvgIpc) is 2.89. The van der Waals surface area contributed by atoms with Crippen molar-refractivity contribution in [2.75, 3.05) is 11.9 Å². The van der Waals surface area contributed by atoms with Gasteiger partial charge in [0.2, 0.25) is 0 Å². The minimum atomic E-state index is -0.363. The summed E-state index contributed by atoms with van der Waals surface area (Å²) in [4.78, 5) is 11.0. The first-order valence-electron chi connectivity index (χ1n) is 6.87. The summed E-state index contributed by atoms with van der Waals surface area (Å²) in [5, 5.41) is 4.56. The van der Waals surface area contributed by atoms with Gasteiger partial charge in [0.05, 0.1) is 10.9 Å². The summed E-state index contributed by atoms with van der Waals surface area (Å²) in [6, 6.07) is 12.3. The Kier molecular flexibility index (Phi) is 3.61. The highest BCUT2D eigenvalue weighted by molar-refractivity contribution is 7.18. The fourth-order valence-corrected chi connectivity index (χ4v) is 3.23. The maximum Gasteiger partial charge on any atom is 0.138 e. The van der Waals surface area contributed by atoms with Crippen LogP contribution in [0.3, 0.4) is 0 Å². The van der Waals surface area contributed by atoms with Crippen molar-refractivity contribution >= 4 is 27.4 Å². The summed E-state index contributed by atoms with van der Waals surface area (Å²) in [5.41, 5.74) is 6.81. The molecule has 0 fully saturated rings. The summed E-state index contributed by atoms with van der Waals surface area (Å²) in [6.45, 7) is 4.65. The molecule has 108 valence electrons. The molecule has 21 heavy (non-hydrogen) atoms. The fraction of sp³-hybridized carbons (Fsp3) is 0.250. The largest absolute Gasteiger partial charge is 0.359 e. The van der Waals surface area contributed by atoms with Crippen LogP contribution in [0.15, 0.2) is 42.7 Å². The number of nitrogens with zero attached hydrogens (tertiary/aromatic N) is 2. The van der Waals surface area contributed by atoms with Crippen LogP contribution in [-0.2, 0) is 5.54 Å². The molecule has 0 aliphatic heterocycles. The lowest BCUT2D eigenvalue weighted by Gasteiger charge is -2.30. The lowest BCUT2D eigenvalue weighted by molar-refractivity contribution is 0.554. The predicted octanol–water partition coefficient (Wildman–Crippen LogP) is 3.29. The number of anilines is 1. The van der Waals surface area contributed by atoms with Crippen molar-refractivity contribution in [2.24, 2.45) is 5.73 Å². The Morgan fingerprint density at radius 3 is 2.71 bits per heavy atom. The van der Waals surface area contributed by atoms with E-state index in [9.17, 15) is 0 Å². The second-order valence-electron chi connectivity index (χ2n) is 5.33. The molecule has 3 rings (SSSR count). The van der Waals surface area contributed by atoms with Crippen molar-refractivity contribution in [2.45, 2.75) is 19.4 Å². The van der Waals surface area contributed by atoms with Crippen LogP contribution in [0.4, 0.5) is 5.82 Å². The van der Waals surface area contributed by atoms with Gasteiger partial charge in [-0.25, -0.2) is 9.97 Å². The van der Waals surface area contributed by atoms with Gasteiger partial charge >= 0.3 is 0 Å². The molecule has 5 heteroatoms. The first-order valence-corrected chi connectivity index (χ1v) is 7.69. The van der Waals surface area contributed by atoms with E-state index in [2.05, 4.69) is 47.3 Å². The molecule has 0 aliphatic carbocycles. The number of hydrogen-bond donors (Lipinski definition) is 2. The molecule has 1 atom stereocenters. The highest BCUT2D eigenvalue weighted by Crippen LogP contribution is 2.31. The molecule has 0 aliphatic rings. The van der Waals surface area contributed by atoms with E-state index in [0.717, 1.165) is 21.6 Å². The molecule has 0 radical (unpaired) electrons. The van der Waals surface area contributed by atoms with Crippen LogP contribution in [0.5, 0.6) is 0 Å². The molecule has 2 heterocycles. The second-order valence-corrected chi connectivity index (χ2v) is 6.56. The Morgan fingerprint density at radius 2 is 2.00 bits per heavy atom. The molecule has 0 bridgehead atoms. The molecule has 3 aromatic rings. The van der Waals surface area contributed by atoms with Crippen LogP contribution >= 0.6 is 11.3 Å². The van der Waals surface area contributed by atoms with E-state index in [1.165, 1.54) is 4.88 Å². The van der Waals surface area contributed by atoms with Gasteiger partial charge in [-0.05, 0) is 25.5 Å². The highest BCUT2D eigenvalue weighted by Gasteiger charge is 2.26. The number of rotatable bonds is 4. The van der Waals surface area contributed by atoms with E-state index in [4.69, 9.17) is 5.73 Å². The number of nitrogens with one attached hydrogen (secondary N) is 1. The zero-order chi connectivity index (χ0) is 14.9. The molecule has 1 aromatic carbocycles. The Bertz CT molecular complexity index is 753. The third-order valence-electron chi connectivity index (χ3n) is 3.67.